The maximum atomic E-state index is 12.7. The number of carbonyl (C=O) groups is 1. The molecule has 1 aromatic heterocycles. The minimum Gasteiger partial charge on any atom is -0.399 e. The molecule has 0 saturated heterocycles. The minimum absolute atomic E-state index is 0.00641. The fourth-order valence-corrected chi connectivity index (χ4v) is 2.66. The lowest BCUT2D eigenvalue weighted by Gasteiger charge is -2.29. The number of anilines is 2. The number of fused-ring (bicyclic) bond motifs is 1. The van der Waals surface area contributed by atoms with Gasteiger partial charge in [0.05, 0.1) is 5.56 Å². The number of pyridine rings is 1. The van der Waals surface area contributed by atoms with E-state index < -0.39 is 0 Å². The monoisotopic (exact) mass is 267 g/mol. The maximum Gasteiger partial charge on any atom is 0.259 e. The van der Waals surface area contributed by atoms with E-state index in [9.17, 15) is 4.79 Å². The quantitative estimate of drug-likeness (QED) is 0.808. The largest absolute Gasteiger partial charge is 0.399 e. The van der Waals surface area contributed by atoms with Crippen molar-refractivity contribution >= 4 is 17.3 Å². The van der Waals surface area contributed by atoms with Gasteiger partial charge in [-0.3, -0.25) is 9.78 Å². The van der Waals surface area contributed by atoms with Crippen molar-refractivity contribution in [3.8, 4) is 0 Å². The van der Waals surface area contributed by atoms with Gasteiger partial charge in [0.15, 0.2) is 0 Å². The summed E-state index contributed by atoms with van der Waals surface area (Å²) in [5, 5.41) is 0. The van der Waals surface area contributed by atoms with Gasteiger partial charge >= 0.3 is 0 Å². The van der Waals surface area contributed by atoms with Gasteiger partial charge in [0.2, 0.25) is 0 Å². The summed E-state index contributed by atoms with van der Waals surface area (Å²) in [5.41, 5.74) is 10.3. The zero-order valence-electron chi connectivity index (χ0n) is 11.5. The van der Waals surface area contributed by atoms with Crippen molar-refractivity contribution in [1.29, 1.82) is 0 Å². The smallest absolute Gasteiger partial charge is 0.259 e. The lowest BCUT2D eigenvalue weighted by molar-refractivity contribution is 0.0984. The van der Waals surface area contributed by atoms with E-state index in [4.69, 9.17) is 5.73 Å². The highest BCUT2D eigenvalue weighted by Gasteiger charge is 2.23. The molecule has 3 rings (SSSR count). The SMILES string of the molecule is Cc1cncc(C(=O)N2CCCc3cc(N)ccc32)c1. The molecule has 0 spiro atoms. The zero-order valence-corrected chi connectivity index (χ0v) is 11.5. The molecule has 102 valence electrons. The second-order valence-electron chi connectivity index (χ2n) is 5.20. The number of carbonyl (C=O) groups excluding carboxylic acids is 1. The summed E-state index contributed by atoms with van der Waals surface area (Å²) in [6.07, 6.45) is 5.31. The molecule has 0 unspecified atom stereocenters. The van der Waals surface area contributed by atoms with Crippen LogP contribution < -0.4 is 10.6 Å². The Morgan fingerprint density at radius 1 is 1.30 bits per heavy atom. The van der Waals surface area contributed by atoms with E-state index in [1.807, 2.05) is 36.1 Å². The first-order valence-electron chi connectivity index (χ1n) is 6.77. The summed E-state index contributed by atoms with van der Waals surface area (Å²) in [6.45, 7) is 2.68. The number of hydrogen-bond acceptors (Lipinski definition) is 3. The average molecular weight is 267 g/mol. The van der Waals surface area contributed by atoms with Crippen LogP contribution in [0.5, 0.6) is 0 Å². The standard InChI is InChI=1S/C16H17N3O/c1-11-7-13(10-18-9-11)16(20)19-6-2-3-12-8-14(17)4-5-15(12)19/h4-5,7-10H,2-3,6,17H2,1H3. The van der Waals surface area contributed by atoms with Crippen LogP contribution in [0.15, 0.2) is 36.7 Å². The van der Waals surface area contributed by atoms with E-state index in [-0.39, 0.29) is 5.91 Å². The van der Waals surface area contributed by atoms with Crippen LogP contribution in [0.25, 0.3) is 0 Å². The molecule has 0 fully saturated rings. The predicted molar refractivity (Wildman–Crippen MR) is 79.8 cm³/mol. The summed E-state index contributed by atoms with van der Waals surface area (Å²) in [4.78, 5) is 18.6. The Balaban J connectivity index is 1.98. The topological polar surface area (TPSA) is 59.2 Å². The molecule has 1 aliphatic rings. The van der Waals surface area contributed by atoms with Crippen molar-refractivity contribution in [3.05, 3.63) is 53.3 Å². The summed E-state index contributed by atoms with van der Waals surface area (Å²) in [5.74, 6) is 0.00641. The van der Waals surface area contributed by atoms with Gasteiger partial charge in [0.25, 0.3) is 5.91 Å². The molecule has 4 nitrogen and oxygen atoms in total. The van der Waals surface area contributed by atoms with Gasteiger partial charge in [-0.15, -0.1) is 0 Å². The molecule has 2 N–H and O–H groups in total. The number of benzene rings is 1. The number of nitrogen functional groups attached to an aromatic ring is 1. The third-order valence-corrected chi connectivity index (χ3v) is 3.59. The van der Waals surface area contributed by atoms with Crippen LogP contribution in [0, 0.1) is 6.92 Å². The van der Waals surface area contributed by atoms with Crippen LogP contribution in [0.3, 0.4) is 0 Å². The van der Waals surface area contributed by atoms with Gasteiger partial charge in [-0.05, 0) is 55.2 Å². The van der Waals surface area contributed by atoms with Crippen molar-refractivity contribution in [2.24, 2.45) is 0 Å². The van der Waals surface area contributed by atoms with E-state index in [1.54, 1.807) is 12.4 Å². The molecule has 1 amide bonds. The number of rotatable bonds is 1. The Morgan fingerprint density at radius 3 is 2.95 bits per heavy atom. The fourth-order valence-electron chi connectivity index (χ4n) is 2.66. The number of amides is 1. The molecular weight excluding hydrogens is 250 g/mol. The predicted octanol–water partition coefficient (Wildman–Crippen LogP) is 2.57. The Kier molecular flexibility index (Phi) is 3.14. The molecule has 1 aliphatic heterocycles. The third-order valence-electron chi connectivity index (χ3n) is 3.59. The molecule has 0 aliphatic carbocycles. The van der Waals surface area contributed by atoms with Crippen LogP contribution >= 0.6 is 0 Å². The van der Waals surface area contributed by atoms with Gasteiger partial charge in [0.1, 0.15) is 0 Å². The Labute approximate surface area is 118 Å². The van der Waals surface area contributed by atoms with Gasteiger partial charge in [-0.2, -0.15) is 0 Å². The number of aryl methyl sites for hydroxylation is 2. The number of nitrogens with two attached hydrogens (primary N) is 1. The zero-order chi connectivity index (χ0) is 14.1. The van der Waals surface area contributed by atoms with Gasteiger partial charge in [-0.1, -0.05) is 0 Å². The van der Waals surface area contributed by atoms with E-state index in [1.165, 1.54) is 0 Å². The van der Waals surface area contributed by atoms with Crippen LogP contribution in [-0.2, 0) is 6.42 Å². The van der Waals surface area contributed by atoms with Gasteiger partial charge in [-0.25, -0.2) is 0 Å². The molecule has 0 bridgehead atoms. The van der Waals surface area contributed by atoms with E-state index >= 15 is 0 Å². The van der Waals surface area contributed by atoms with Crippen molar-refractivity contribution in [2.45, 2.75) is 19.8 Å². The first-order chi connectivity index (χ1) is 9.65. The summed E-state index contributed by atoms with van der Waals surface area (Å²) < 4.78 is 0. The molecule has 0 radical (unpaired) electrons. The number of aromatic nitrogens is 1. The average Bonchev–Trinajstić information content (AvgIpc) is 2.45. The van der Waals surface area contributed by atoms with Gasteiger partial charge < -0.3 is 10.6 Å². The van der Waals surface area contributed by atoms with Crippen LogP contribution in [0.1, 0.15) is 27.9 Å². The van der Waals surface area contributed by atoms with E-state index in [0.29, 0.717) is 5.56 Å². The second kappa shape index (κ2) is 4.96. The summed E-state index contributed by atoms with van der Waals surface area (Å²) >= 11 is 0. The summed E-state index contributed by atoms with van der Waals surface area (Å²) in [7, 11) is 0. The van der Waals surface area contributed by atoms with Crippen molar-refractivity contribution in [1.82, 2.24) is 4.98 Å². The molecule has 2 aromatic rings. The lowest BCUT2D eigenvalue weighted by atomic mass is 10.00. The number of hydrogen-bond donors (Lipinski definition) is 1. The highest BCUT2D eigenvalue weighted by molar-refractivity contribution is 6.06. The number of nitrogens with zero attached hydrogens (tertiary/aromatic N) is 2. The molecule has 1 aromatic carbocycles. The van der Waals surface area contributed by atoms with Crippen molar-refractivity contribution in [3.63, 3.8) is 0 Å². The van der Waals surface area contributed by atoms with Crippen molar-refractivity contribution < 1.29 is 4.79 Å². The van der Waals surface area contributed by atoms with Crippen LogP contribution in [0.2, 0.25) is 0 Å². The van der Waals surface area contributed by atoms with E-state index in [2.05, 4.69) is 4.98 Å². The lowest BCUT2D eigenvalue weighted by Crippen LogP contribution is -2.35. The Hall–Kier alpha value is -2.36. The van der Waals surface area contributed by atoms with Crippen LogP contribution in [-0.4, -0.2) is 17.4 Å². The molecule has 2 heterocycles. The fraction of sp³-hybridized carbons (Fsp3) is 0.250. The Morgan fingerprint density at radius 2 is 2.15 bits per heavy atom. The first-order valence-corrected chi connectivity index (χ1v) is 6.77. The second-order valence-corrected chi connectivity index (χ2v) is 5.20. The first kappa shape index (κ1) is 12.7. The van der Waals surface area contributed by atoms with Gasteiger partial charge in [0, 0.05) is 30.3 Å². The maximum absolute atomic E-state index is 12.7. The highest BCUT2D eigenvalue weighted by atomic mass is 16.2. The molecule has 20 heavy (non-hydrogen) atoms. The molecule has 4 heteroatoms. The molecule has 0 atom stereocenters. The van der Waals surface area contributed by atoms with Crippen LogP contribution in [0.4, 0.5) is 11.4 Å². The summed E-state index contributed by atoms with van der Waals surface area (Å²) in [6, 6.07) is 7.62. The van der Waals surface area contributed by atoms with E-state index in [0.717, 1.165) is 41.9 Å². The molecule has 0 saturated carbocycles. The third kappa shape index (κ3) is 2.25. The van der Waals surface area contributed by atoms with Crippen molar-refractivity contribution in [2.75, 3.05) is 17.2 Å². The highest BCUT2D eigenvalue weighted by Crippen LogP contribution is 2.29. The minimum atomic E-state index is 0.00641. The Bertz CT molecular complexity index is 667. The normalized spacial score (nSPS) is 13.9. The molecular formula is C16H17N3O.